The molecule has 2 aliphatic rings. The van der Waals surface area contributed by atoms with E-state index in [1.54, 1.807) is 0 Å². The molecule has 1 heterocycles. The molecule has 0 spiro atoms. The number of rotatable bonds is 3. The van der Waals surface area contributed by atoms with Crippen molar-refractivity contribution in [2.45, 2.75) is 63.2 Å². The van der Waals surface area contributed by atoms with Crippen molar-refractivity contribution in [3.63, 3.8) is 0 Å². The molecule has 0 radical (unpaired) electrons. The Bertz CT molecular complexity index is 226. The lowest BCUT2D eigenvalue weighted by molar-refractivity contribution is 0.0290. The smallest absolute Gasteiger partial charge is 0.0771 e. The molecule has 2 atom stereocenters. The monoisotopic (exact) mass is 213 g/mol. The van der Waals surface area contributed by atoms with Crippen molar-refractivity contribution < 1.29 is 9.84 Å². The van der Waals surface area contributed by atoms with E-state index in [2.05, 4.69) is 19.2 Å². The van der Waals surface area contributed by atoms with Gasteiger partial charge in [-0.3, -0.25) is 0 Å². The van der Waals surface area contributed by atoms with Gasteiger partial charge in [0.1, 0.15) is 0 Å². The predicted octanol–water partition coefficient (Wildman–Crippen LogP) is 1.45. The van der Waals surface area contributed by atoms with E-state index >= 15 is 0 Å². The van der Waals surface area contributed by atoms with Gasteiger partial charge in [0, 0.05) is 18.7 Å². The Hall–Kier alpha value is -0.120. The quantitative estimate of drug-likeness (QED) is 0.745. The van der Waals surface area contributed by atoms with Gasteiger partial charge in [-0.2, -0.15) is 0 Å². The molecule has 0 amide bonds. The van der Waals surface area contributed by atoms with Crippen LogP contribution in [-0.4, -0.2) is 35.5 Å². The second-order valence-corrected chi connectivity index (χ2v) is 5.47. The summed E-state index contributed by atoms with van der Waals surface area (Å²) in [5.41, 5.74) is -0.399. The van der Waals surface area contributed by atoms with E-state index < -0.39 is 5.60 Å². The molecule has 2 unspecified atom stereocenters. The van der Waals surface area contributed by atoms with Crippen LogP contribution in [0.1, 0.15) is 46.0 Å². The minimum atomic E-state index is -0.453. The Morgan fingerprint density at radius 1 is 1.33 bits per heavy atom. The Morgan fingerprint density at radius 2 is 2.00 bits per heavy atom. The molecule has 3 nitrogen and oxygen atoms in total. The van der Waals surface area contributed by atoms with Crippen molar-refractivity contribution in [2.75, 3.05) is 13.2 Å². The third kappa shape index (κ3) is 2.35. The van der Waals surface area contributed by atoms with Gasteiger partial charge in [0.2, 0.25) is 0 Å². The van der Waals surface area contributed by atoms with Gasteiger partial charge < -0.3 is 15.2 Å². The zero-order chi connectivity index (χ0) is 10.9. The molecular formula is C12H23NO2. The molecule has 2 fully saturated rings. The summed E-state index contributed by atoms with van der Waals surface area (Å²) in [6, 6.07) is 0. The van der Waals surface area contributed by atoms with Crippen molar-refractivity contribution in [3.8, 4) is 0 Å². The zero-order valence-electron chi connectivity index (χ0n) is 9.88. The summed E-state index contributed by atoms with van der Waals surface area (Å²) in [7, 11) is 0. The lowest BCUT2D eigenvalue weighted by Crippen LogP contribution is -2.53. The van der Waals surface area contributed by atoms with Crippen molar-refractivity contribution in [3.05, 3.63) is 0 Å². The van der Waals surface area contributed by atoms with Gasteiger partial charge >= 0.3 is 0 Å². The first-order chi connectivity index (χ1) is 7.04. The normalized spacial score (nSPS) is 39.8. The molecule has 2 rings (SSSR count). The molecule has 1 aliphatic heterocycles. The second kappa shape index (κ2) is 4.04. The highest BCUT2D eigenvalue weighted by atomic mass is 16.5. The largest absolute Gasteiger partial charge is 0.389 e. The van der Waals surface area contributed by atoms with Crippen LogP contribution in [0, 0.1) is 0 Å². The average molecular weight is 213 g/mol. The lowest BCUT2D eigenvalue weighted by atomic mass is 9.92. The van der Waals surface area contributed by atoms with Crippen LogP contribution in [0.15, 0.2) is 0 Å². The summed E-state index contributed by atoms with van der Waals surface area (Å²) in [4.78, 5) is 0. The van der Waals surface area contributed by atoms with E-state index in [1.807, 2.05) is 0 Å². The first-order valence-corrected chi connectivity index (χ1v) is 6.13. The van der Waals surface area contributed by atoms with Crippen molar-refractivity contribution >= 4 is 0 Å². The fraction of sp³-hybridized carbons (Fsp3) is 1.00. The summed E-state index contributed by atoms with van der Waals surface area (Å²) in [5.74, 6) is 0. The highest BCUT2D eigenvalue weighted by molar-refractivity contribution is 4.97. The van der Waals surface area contributed by atoms with Gasteiger partial charge in [0.15, 0.2) is 0 Å². The maximum atomic E-state index is 10.2. The Balaban J connectivity index is 1.86. The Morgan fingerprint density at radius 3 is 2.53 bits per heavy atom. The molecule has 1 saturated carbocycles. The third-order valence-corrected chi connectivity index (χ3v) is 4.24. The highest BCUT2D eigenvalue weighted by Gasteiger charge is 2.39. The van der Waals surface area contributed by atoms with Crippen LogP contribution in [0.4, 0.5) is 0 Å². The molecule has 1 aliphatic carbocycles. The molecule has 88 valence electrons. The molecule has 0 aromatic carbocycles. The molecule has 3 heteroatoms. The number of ether oxygens (including phenoxy) is 1. The van der Waals surface area contributed by atoms with Crippen molar-refractivity contribution in [1.82, 2.24) is 5.32 Å². The van der Waals surface area contributed by atoms with Gasteiger partial charge in [0.05, 0.1) is 11.7 Å². The van der Waals surface area contributed by atoms with Gasteiger partial charge in [0.25, 0.3) is 0 Å². The average Bonchev–Trinajstić information content (AvgIpc) is 2.75. The summed E-state index contributed by atoms with van der Waals surface area (Å²) in [5, 5.41) is 13.8. The molecule has 0 bridgehead atoms. The fourth-order valence-corrected chi connectivity index (χ4v) is 2.64. The minimum Gasteiger partial charge on any atom is -0.389 e. The van der Waals surface area contributed by atoms with Crippen LogP contribution in [0.5, 0.6) is 0 Å². The number of β-amino-alcohol motifs (C(OH)–C–C–N with tert-alkyl or cyclic N) is 1. The predicted molar refractivity (Wildman–Crippen MR) is 59.9 cm³/mol. The second-order valence-electron chi connectivity index (χ2n) is 5.47. The SMILES string of the molecule is CC1OCCC1(C)NCC1(O)CCCC1. The summed E-state index contributed by atoms with van der Waals surface area (Å²) >= 11 is 0. The van der Waals surface area contributed by atoms with Gasteiger partial charge in [-0.25, -0.2) is 0 Å². The summed E-state index contributed by atoms with van der Waals surface area (Å²) in [6.45, 7) is 5.86. The van der Waals surface area contributed by atoms with Crippen LogP contribution >= 0.6 is 0 Å². The number of aliphatic hydroxyl groups is 1. The van der Waals surface area contributed by atoms with E-state index in [4.69, 9.17) is 4.74 Å². The van der Waals surface area contributed by atoms with Gasteiger partial charge in [-0.15, -0.1) is 0 Å². The maximum Gasteiger partial charge on any atom is 0.0771 e. The Kier molecular flexibility index (Phi) is 3.06. The fourth-order valence-electron chi connectivity index (χ4n) is 2.64. The van der Waals surface area contributed by atoms with Crippen LogP contribution in [-0.2, 0) is 4.74 Å². The molecule has 0 aromatic heterocycles. The number of nitrogens with one attached hydrogen (secondary N) is 1. The zero-order valence-corrected chi connectivity index (χ0v) is 9.88. The molecule has 15 heavy (non-hydrogen) atoms. The molecular weight excluding hydrogens is 190 g/mol. The summed E-state index contributed by atoms with van der Waals surface area (Å²) < 4.78 is 5.57. The molecule has 2 N–H and O–H groups in total. The first-order valence-electron chi connectivity index (χ1n) is 6.13. The lowest BCUT2D eigenvalue weighted by Gasteiger charge is -2.33. The van der Waals surface area contributed by atoms with E-state index in [0.29, 0.717) is 0 Å². The van der Waals surface area contributed by atoms with Crippen molar-refractivity contribution in [1.29, 1.82) is 0 Å². The molecule has 1 saturated heterocycles. The van der Waals surface area contributed by atoms with Crippen LogP contribution in [0.3, 0.4) is 0 Å². The third-order valence-electron chi connectivity index (χ3n) is 4.24. The van der Waals surface area contributed by atoms with Gasteiger partial charge in [-0.05, 0) is 33.1 Å². The van der Waals surface area contributed by atoms with Crippen LogP contribution < -0.4 is 5.32 Å². The highest BCUT2D eigenvalue weighted by Crippen LogP contribution is 2.31. The first kappa shape index (κ1) is 11.4. The Labute approximate surface area is 92.2 Å². The van der Waals surface area contributed by atoms with Crippen LogP contribution in [0.25, 0.3) is 0 Å². The topological polar surface area (TPSA) is 41.5 Å². The number of hydrogen-bond acceptors (Lipinski definition) is 3. The molecule has 0 aromatic rings. The van der Waals surface area contributed by atoms with E-state index in [9.17, 15) is 5.11 Å². The number of hydrogen-bond donors (Lipinski definition) is 2. The summed E-state index contributed by atoms with van der Waals surface area (Å²) in [6.07, 6.45) is 5.53. The van der Waals surface area contributed by atoms with E-state index in [0.717, 1.165) is 32.4 Å². The van der Waals surface area contributed by atoms with Crippen molar-refractivity contribution in [2.24, 2.45) is 0 Å². The standard InChI is InChI=1S/C12H23NO2/c1-10-11(2,7-8-15-10)13-9-12(14)5-3-4-6-12/h10,13-14H,3-9H2,1-2H3. The maximum absolute atomic E-state index is 10.2. The van der Waals surface area contributed by atoms with Gasteiger partial charge in [-0.1, -0.05) is 12.8 Å². The van der Waals surface area contributed by atoms with E-state index in [1.165, 1.54) is 12.8 Å². The van der Waals surface area contributed by atoms with Crippen LogP contribution in [0.2, 0.25) is 0 Å². The van der Waals surface area contributed by atoms with E-state index in [-0.39, 0.29) is 11.6 Å². The minimum absolute atomic E-state index is 0.0539.